The van der Waals surface area contributed by atoms with Crippen molar-refractivity contribution >= 4 is 11.6 Å². The predicted octanol–water partition coefficient (Wildman–Crippen LogP) is 2.82. The van der Waals surface area contributed by atoms with E-state index in [9.17, 15) is 4.79 Å². The van der Waals surface area contributed by atoms with E-state index in [-0.39, 0.29) is 5.91 Å². The third-order valence-electron chi connectivity index (χ3n) is 4.30. The lowest BCUT2D eigenvalue weighted by Gasteiger charge is -2.19. The maximum atomic E-state index is 12.5. The first kappa shape index (κ1) is 14.1. The topological polar surface area (TPSA) is 73.6 Å². The maximum absolute atomic E-state index is 12.5. The Kier molecular flexibility index (Phi) is 3.44. The van der Waals surface area contributed by atoms with E-state index in [0.29, 0.717) is 42.0 Å². The molecule has 0 radical (unpaired) electrons. The zero-order chi connectivity index (χ0) is 15.8. The van der Waals surface area contributed by atoms with Crippen molar-refractivity contribution in [3.8, 4) is 11.5 Å². The molecular weight excluding hydrogens is 296 g/mol. The largest absolute Gasteiger partial charge is 0.486 e. The summed E-state index contributed by atoms with van der Waals surface area (Å²) in [6, 6.07) is 5.35. The van der Waals surface area contributed by atoms with Crippen LogP contribution in [0.1, 0.15) is 35.2 Å². The van der Waals surface area contributed by atoms with Gasteiger partial charge >= 0.3 is 0 Å². The second-order valence-electron chi connectivity index (χ2n) is 6.09. The molecule has 0 bridgehead atoms. The molecule has 0 saturated carbocycles. The molecule has 0 unspecified atom stereocenters. The highest BCUT2D eigenvalue weighted by Crippen LogP contribution is 2.33. The number of carbonyl (C=O) groups excluding carboxylic acids is 1. The van der Waals surface area contributed by atoms with Gasteiger partial charge in [0, 0.05) is 23.7 Å². The van der Waals surface area contributed by atoms with Crippen molar-refractivity contribution in [1.82, 2.24) is 5.16 Å². The van der Waals surface area contributed by atoms with Crippen LogP contribution in [0, 0.1) is 5.92 Å². The molecule has 1 atom stereocenters. The van der Waals surface area contributed by atoms with Gasteiger partial charge in [-0.25, -0.2) is 0 Å². The molecule has 23 heavy (non-hydrogen) atoms. The first-order valence-electron chi connectivity index (χ1n) is 7.89. The molecule has 0 spiro atoms. The molecule has 1 aliphatic carbocycles. The quantitative estimate of drug-likeness (QED) is 0.922. The molecule has 0 saturated heterocycles. The van der Waals surface area contributed by atoms with E-state index in [0.717, 1.165) is 30.6 Å². The van der Waals surface area contributed by atoms with Gasteiger partial charge in [0.2, 0.25) is 0 Å². The molecule has 0 fully saturated rings. The van der Waals surface area contributed by atoms with Crippen LogP contribution in [-0.4, -0.2) is 24.3 Å². The Morgan fingerprint density at radius 1 is 1.26 bits per heavy atom. The lowest BCUT2D eigenvalue weighted by Crippen LogP contribution is -2.18. The number of rotatable bonds is 2. The molecule has 1 N–H and O–H groups in total. The van der Waals surface area contributed by atoms with Crippen LogP contribution in [0.25, 0.3) is 0 Å². The van der Waals surface area contributed by atoms with Gasteiger partial charge in [0.15, 0.2) is 17.2 Å². The van der Waals surface area contributed by atoms with Crippen molar-refractivity contribution in [1.29, 1.82) is 0 Å². The van der Waals surface area contributed by atoms with Gasteiger partial charge in [-0.2, -0.15) is 0 Å². The van der Waals surface area contributed by atoms with Crippen LogP contribution in [0.4, 0.5) is 5.69 Å². The van der Waals surface area contributed by atoms with Gasteiger partial charge in [-0.1, -0.05) is 12.1 Å². The molecule has 120 valence electrons. The highest BCUT2D eigenvalue weighted by Gasteiger charge is 2.27. The SMILES string of the molecule is C[C@@H]1CCc2onc(C(=O)Nc3ccc4c(c3)OCCO4)c2C1. The average Bonchev–Trinajstić information content (AvgIpc) is 2.98. The van der Waals surface area contributed by atoms with E-state index in [1.165, 1.54) is 0 Å². The standard InChI is InChI=1S/C17H18N2O4/c1-10-2-4-13-12(8-10)16(19-23-13)17(20)18-11-3-5-14-15(9-11)22-7-6-21-14/h3,5,9-10H,2,4,6-8H2,1H3,(H,18,20)/t10-/m1/s1. The van der Waals surface area contributed by atoms with Gasteiger partial charge in [-0.05, 0) is 30.9 Å². The number of nitrogens with one attached hydrogen (secondary N) is 1. The molecule has 4 rings (SSSR count). The van der Waals surface area contributed by atoms with E-state index >= 15 is 0 Å². The fourth-order valence-electron chi connectivity index (χ4n) is 3.07. The fourth-order valence-corrected chi connectivity index (χ4v) is 3.07. The van der Waals surface area contributed by atoms with E-state index in [1.54, 1.807) is 18.2 Å². The number of anilines is 1. The monoisotopic (exact) mass is 314 g/mol. The molecule has 6 heteroatoms. The maximum Gasteiger partial charge on any atom is 0.278 e. The second-order valence-corrected chi connectivity index (χ2v) is 6.09. The summed E-state index contributed by atoms with van der Waals surface area (Å²) in [6.45, 7) is 3.24. The number of carbonyl (C=O) groups is 1. The van der Waals surface area contributed by atoms with Gasteiger partial charge in [0.05, 0.1) is 0 Å². The first-order valence-corrected chi connectivity index (χ1v) is 7.89. The Hall–Kier alpha value is -2.50. The van der Waals surface area contributed by atoms with Crippen LogP contribution in [0.15, 0.2) is 22.7 Å². The van der Waals surface area contributed by atoms with Crippen molar-refractivity contribution in [2.45, 2.75) is 26.2 Å². The number of ether oxygens (including phenoxy) is 2. The molecule has 2 aliphatic rings. The summed E-state index contributed by atoms with van der Waals surface area (Å²) in [4.78, 5) is 12.5. The number of nitrogens with zero attached hydrogens (tertiary/aromatic N) is 1. The van der Waals surface area contributed by atoms with Crippen LogP contribution in [0.5, 0.6) is 11.5 Å². The first-order chi connectivity index (χ1) is 11.2. The molecule has 1 aromatic carbocycles. The van der Waals surface area contributed by atoms with Crippen LogP contribution in [0.3, 0.4) is 0 Å². The number of fused-ring (bicyclic) bond motifs is 2. The minimum atomic E-state index is -0.249. The fraction of sp³-hybridized carbons (Fsp3) is 0.412. The summed E-state index contributed by atoms with van der Waals surface area (Å²) >= 11 is 0. The van der Waals surface area contributed by atoms with Crippen LogP contribution in [-0.2, 0) is 12.8 Å². The number of benzene rings is 1. The van der Waals surface area contributed by atoms with Gasteiger partial charge < -0.3 is 19.3 Å². The minimum Gasteiger partial charge on any atom is -0.486 e. The number of hydrogen-bond donors (Lipinski definition) is 1. The summed E-state index contributed by atoms with van der Waals surface area (Å²) in [5.41, 5.74) is 1.99. The van der Waals surface area contributed by atoms with Crippen molar-refractivity contribution in [2.75, 3.05) is 18.5 Å². The molecule has 1 amide bonds. The van der Waals surface area contributed by atoms with Crippen molar-refractivity contribution in [3.63, 3.8) is 0 Å². The Balaban J connectivity index is 1.55. The highest BCUT2D eigenvalue weighted by atomic mass is 16.6. The third kappa shape index (κ3) is 2.65. The minimum absolute atomic E-state index is 0.249. The molecule has 6 nitrogen and oxygen atoms in total. The summed E-state index contributed by atoms with van der Waals surface area (Å²) in [5.74, 6) is 2.48. The predicted molar refractivity (Wildman–Crippen MR) is 83.1 cm³/mol. The number of amides is 1. The van der Waals surface area contributed by atoms with Crippen LogP contribution >= 0.6 is 0 Å². The Morgan fingerprint density at radius 2 is 2.09 bits per heavy atom. The van der Waals surface area contributed by atoms with Crippen molar-refractivity contribution < 1.29 is 18.8 Å². The Labute approximate surface area is 133 Å². The summed E-state index contributed by atoms with van der Waals surface area (Å²) in [5, 5.41) is 6.84. The van der Waals surface area contributed by atoms with Crippen molar-refractivity contribution in [2.24, 2.45) is 5.92 Å². The van der Waals surface area contributed by atoms with Crippen LogP contribution < -0.4 is 14.8 Å². The van der Waals surface area contributed by atoms with Crippen molar-refractivity contribution in [3.05, 3.63) is 35.2 Å². The summed E-state index contributed by atoms with van der Waals surface area (Å²) in [7, 11) is 0. The van der Waals surface area contributed by atoms with Gasteiger partial charge in [0.1, 0.15) is 19.0 Å². The molecule has 1 aromatic heterocycles. The number of hydrogen-bond acceptors (Lipinski definition) is 5. The van der Waals surface area contributed by atoms with Gasteiger partial charge in [-0.15, -0.1) is 0 Å². The Bertz CT molecular complexity index is 753. The molecule has 1 aliphatic heterocycles. The number of aromatic nitrogens is 1. The van der Waals surface area contributed by atoms with E-state index in [1.807, 2.05) is 0 Å². The zero-order valence-corrected chi connectivity index (χ0v) is 12.9. The smallest absolute Gasteiger partial charge is 0.278 e. The summed E-state index contributed by atoms with van der Waals surface area (Å²) < 4.78 is 16.3. The molecule has 2 heterocycles. The average molecular weight is 314 g/mol. The zero-order valence-electron chi connectivity index (χ0n) is 12.9. The lowest BCUT2D eigenvalue weighted by molar-refractivity contribution is 0.101. The van der Waals surface area contributed by atoms with E-state index < -0.39 is 0 Å². The van der Waals surface area contributed by atoms with Crippen LogP contribution in [0.2, 0.25) is 0 Å². The number of aryl methyl sites for hydroxylation is 1. The molecule has 2 aromatic rings. The van der Waals surface area contributed by atoms with Gasteiger partial charge in [-0.3, -0.25) is 4.79 Å². The Morgan fingerprint density at radius 3 is 2.96 bits per heavy atom. The lowest BCUT2D eigenvalue weighted by atomic mass is 9.88. The third-order valence-corrected chi connectivity index (χ3v) is 4.30. The normalized spacial score (nSPS) is 19.1. The van der Waals surface area contributed by atoms with E-state index in [4.69, 9.17) is 14.0 Å². The van der Waals surface area contributed by atoms with Gasteiger partial charge in [0.25, 0.3) is 5.91 Å². The second kappa shape index (κ2) is 5.61. The highest BCUT2D eigenvalue weighted by molar-refractivity contribution is 6.04. The molecular formula is C17H18N2O4. The van der Waals surface area contributed by atoms with E-state index in [2.05, 4.69) is 17.4 Å². The summed E-state index contributed by atoms with van der Waals surface area (Å²) in [6.07, 6.45) is 2.76.